The maximum absolute atomic E-state index is 12.1. The van der Waals surface area contributed by atoms with Crippen LogP contribution in [-0.2, 0) is 4.79 Å². The van der Waals surface area contributed by atoms with Gasteiger partial charge in [0.15, 0.2) is 0 Å². The lowest BCUT2D eigenvalue weighted by Crippen LogP contribution is -2.45. The zero-order valence-electron chi connectivity index (χ0n) is 13.9. The van der Waals surface area contributed by atoms with E-state index in [9.17, 15) is 20.0 Å². The molecule has 0 spiro atoms. The van der Waals surface area contributed by atoms with Gasteiger partial charge >= 0.3 is 0 Å². The number of hydrogen-bond donors (Lipinski definition) is 3. The average molecular weight is 335 g/mol. The van der Waals surface area contributed by atoms with Gasteiger partial charge in [0, 0.05) is 42.9 Å². The number of anilines is 1. The van der Waals surface area contributed by atoms with Crippen LogP contribution in [0.15, 0.2) is 24.3 Å². The van der Waals surface area contributed by atoms with E-state index in [0.29, 0.717) is 5.69 Å². The molecule has 0 aliphatic heterocycles. The first kappa shape index (κ1) is 18.4. The predicted octanol–water partition coefficient (Wildman–Crippen LogP) is 2.45. The minimum absolute atomic E-state index is 0.0270. The predicted molar refractivity (Wildman–Crippen MR) is 91.8 cm³/mol. The summed E-state index contributed by atoms with van der Waals surface area (Å²) in [7, 11) is 0. The van der Waals surface area contributed by atoms with Gasteiger partial charge in [-0.2, -0.15) is 0 Å². The van der Waals surface area contributed by atoms with E-state index in [4.69, 9.17) is 0 Å². The number of carbonyl (C=O) groups is 1. The molecule has 1 aromatic carbocycles. The second-order valence-electron chi connectivity index (χ2n) is 6.46. The Morgan fingerprint density at radius 2 is 2.17 bits per heavy atom. The number of nitrogens with zero attached hydrogens (tertiary/aromatic N) is 1. The molecule has 7 heteroatoms. The van der Waals surface area contributed by atoms with Crippen LogP contribution in [0.5, 0.6) is 0 Å². The van der Waals surface area contributed by atoms with E-state index >= 15 is 0 Å². The van der Waals surface area contributed by atoms with Gasteiger partial charge in [-0.25, -0.2) is 0 Å². The lowest BCUT2D eigenvalue weighted by atomic mass is 9.84. The second kappa shape index (κ2) is 8.75. The number of amides is 1. The minimum atomic E-state index is -0.488. The van der Waals surface area contributed by atoms with Crippen molar-refractivity contribution in [2.75, 3.05) is 11.9 Å². The number of hydrogen-bond acceptors (Lipinski definition) is 5. The van der Waals surface area contributed by atoms with Crippen LogP contribution >= 0.6 is 0 Å². The molecule has 0 radical (unpaired) electrons. The summed E-state index contributed by atoms with van der Waals surface area (Å²) < 4.78 is 0. The topological polar surface area (TPSA) is 104 Å². The lowest BCUT2D eigenvalue weighted by molar-refractivity contribution is -0.384. The van der Waals surface area contributed by atoms with Gasteiger partial charge in [-0.05, 0) is 31.7 Å². The number of carbonyl (C=O) groups excluding carboxylic acids is 1. The summed E-state index contributed by atoms with van der Waals surface area (Å²) in [6.07, 6.45) is 4.59. The largest absolute Gasteiger partial charge is 0.396 e. The van der Waals surface area contributed by atoms with E-state index in [1.54, 1.807) is 12.1 Å². The van der Waals surface area contributed by atoms with Gasteiger partial charge in [0.25, 0.3) is 5.69 Å². The molecule has 2 rings (SSSR count). The van der Waals surface area contributed by atoms with Crippen molar-refractivity contribution in [3.8, 4) is 0 Å². The van der Waals surface area contributed by atoms with Crippen LogP contribution in [-0.4, -0.2) is 34.6 Å². The molecular weight excluding hydrogens is 310 g/mol. The quantitative estimate of drug-likeness (QED) is 0.524. The molecule has 7 nitrogen and oxygen atoms in total. The van der Waals surface area contributed by atoms with Gasteiger partial charge in [0.05, 0.1) is 4.92 Å². The van der Waals surface area contributed by atoms with Crippen LogP contribution in [0.2, 0.25) is 0 Å². The molecule has 3 unspecified atom stereocenters. The molecule has 1 aromatic rings. The van der Waals surface area contributed by atoms with Crippen molar-refractivity contribution >= 4 is 17.3 Å². The van der Waals surface area contributed by atoms with Gasteiger partial charge in [-0.15, -0.1) is 0 Å². The number of non-ortho nitro benzene ring substituents is 1. The molecule has 0 heterocycles. The highest BCUT2D eigenvalue weighted by Crippen LogP contribution is 2.24. The lowest BCUT2D eigenvalue weighted by Gasteiger charge is -2.33. The Morgan fingerprint density at radius 3 is 2.88 bits per heavy atom. The van der Waals surface area contributed by atoms with Crippen molar-refractivity contribution in [2.24, 2.45) is 5.92 Å². The number of aliphatic hydroxyl groups is 1. The summed E-state index contributed by atoms with van der Waals surface area (Å²) >= 11 is 0. The molecule has 1 amide bonds. The summed E-state index contributed by atoms with van der Waals surface area (Å²) in [6, 6.07) is 6.12. The molecule has 3 atom stereocenters. The fraction of sp³-hybridized carbons (Fsp3) is 0.588. The fourth-order valence-corrected chi connectivity index (χ4v) is 3.26. The molecule has 1 aliphatic rings. The number of benzene rings is 1. The van der Waals surface area contributed by atoms with Crippen molar-refractivity contribution in [1.29, 1.82) is 0 Å². The maximum atomic E-state index is 12.1. The average Bonchev–Trinajstić information content (AvgIpc) is 2.55. The molecule has 132 valence electrons. The smallest absolute Gasteiger partial charge is 0.271 e. The Bertz CT molecular complexity index is 579. The van der Waals surface area contributed by atoms with Crippen LogP contribution in [0.3, 0.4) is 0 Å². The zero-order valence-corrected chi connectivity index (χ0v) is 13.9. The summed E-state index contributed by atoms with van der Waals surface area (Å²) in [6.45, 7) is 2.11. The Hall–Kier alpha value is -1.99. The molecule has 0 saturated heterocycles. The third-order valence-electron chi connectivity index (χ3n) is 4.47. The van der Waals surface area contributed by atoms with Gasteiger partial charge in [0.1, 0.15) is 0 Å². The van der Waals surface area contributed by atoms with Crippen LogP contribution < -0.4 is 10.6 Å². The third-order valence-corrected chi connectivity index (χ3v) is 4.47. The number of nitro groups is 1. The van der Waals surface area contributed by atoms with Crippen LogP contribution in [0, 0.1) is 16.0 Å². The number of rotatable bonds is 7. The van der Waals surface area contributed by atoms with E-state index in [2.05, 4.69) is 10.6 Å². The van der Waals surface area contributed by atoms with E-state index in [-0.39, 0.29) is 42.6 Å². The molecule has 24 heavy (non-hydrogen) atoms. The molecule has 1 fully saturated rings. The van der Waals surface area contributed by atoms with E-state index in [0.717, 1.165) is 25.7 Å². The third kappa shape index (κ3) is 5.28. The molecular formula is C17H25N3O4. The van der Waals surface area contributed by atoms with Crippen molar-refractivity contribution in [1.82, 2.24) is 5.32 Å². The van der Waals surface area contributed by atoms with Crippen molar-refractivity contribution in [3.63, 3.8) is 0 Å². The fourth-order valence-electron chi connectivity index (χ4n) is 3.26. The van der Waals surface area contributed by atoms with E-state index in [1.165, 1.54) is 12.1 Å². The standard InChI is InChI=1S/C17H25N3O4/c1-12(18-16-8-3-2-5-13(16)11-21)9-17(22)19-14-6-4-7-15(10-14)20(23)24/h4,6-7,10,12-13,16,18,21H,2-3,5,8-9,11H2,1H3,(H,19,22). The Balaban J connectivity index is 1.85. The summed E-state index contributed by atoms with van der Waals surface area (Å²) in [5.74, 6) is 0.0629. The van der Waals surface area contributed by atoms with Crippen LogP contribution in [0.4, 0.5) is 11.4 Å². The molecule has 0 aromatic heterocycles. The second-order valence-corrected chi connectivity index (χ2v) is 6.46. The summed E-state index contributed by atoms with van der Waals surface area (Å²) in [4.78, 5) is 22.4. The van der Waals surface area contributed by atoms with E-state index in [1.807, 2.05) is 6.92 Å². The highest BCUT2D eigenvalue weighted by atomic mass is 16.6. The minimum Gasteiger partial charge on any atom is -0.396 e. The Morgan fingerprint density at radius 1 is 1.42 bits per heavy atom. The Labute approximate surface area is 141 Å². The van der Waals surface area contributed by atoms with E-state index < -0.39 is 4.92 Å². The first-order valence-corrected chi connectivity index (χ1v) is 8.41. The van der Waals surface area contributed by atoms with Gasteiger partial charge in [-0.1, -0.05) is 18.9 Å². The molecule has 1 aliphatic carbocycles. The van der Waals surface area contributed by atoms with Gasteiger partial charge in [0.2, 0.25) is 5.91 Å². The highest BCUT2D eigenvalue weighted by Gasteiger charge is 2.26. The monoisotopic (exact) mass is 335 g/mol. The highest BCUT2D eigenvalue weighted by molar-refractivity contribution is 5.91. The number of aliphatic hydroxyl groups excluding tert-OH is 1. The molecule has 3 N–H and O–H groups in total. The molecule has 0 bridgehead atoms. The normalized spacial score (nSPS) is 21.9. The van der Waals surface area contributed by atoms with Crippen LogP contribution in [0.25, 0.3) is 0 Å². The van der Waals surface area contributed by atoms with Crippen molar-refractivity contribution in [3.05, 3.63) is 34.4 Å². The number of nitro benzene ring substituents is 1. The van der Waals surface area contributed by atoms with Crippen molar-refractivity contribution < 1.29 is 14.8 Å². The zero-order chi connectivity index (χ0) is 17.5. The molecule has 1 saturated carbocycles. The van der Waals surface area contributed by atoms with Crippen molar-refractivity contribution in [2.45, 2.75) is 51.1 Å². The first-order chi connectivity index (χ1) is 11.5. The SMILES string of the molecule is CC(CC(=O)Nc1cccc([N+](=O)[O-])c1)NC1CCCCC1CO. The number of nitrogens with one attached hydrogen (secondary N) is 2. The maximum Gasteiger partial charge on any atom is 0.271 e. The van der Waals surface area contributed by atoms with Crippen LogP contribution in [0.1, 0.15) is 39.0 Å². The first-order valence-electron chi connectivity index (χ1n) is 8.41. The Kier molecular flexibility index (Phi) is 6.69. The summed E-state index contributed by atoms with van der Waals surface area (Å²) in [5, 5.41) is 26.3. The van der Waals surface area contributed by atoms with Gasteiger partial charge < -0.3 is 15.7 Å². The summed E-state index contributed by atoms with van der Waals surface area (Å²) in [5.41, 5.74) is 0.374. The van der Waals surface area contributed by atoms with Gasteiger partial charge in [-0.3, -0.25) is 14.9 Å².